The van der Waals surface area contributed by atoms with Gasteiger partial charge in [-0.3, -0.25) is 4.79 Å². The molecule has 0 fully saturated rings. The van der Waals surface area contributed by atoms with Crippen LogP contribution >= 0.6 is 23.1 Å². The van der Waals surface area contributed by atoms with Crippen molar-refractivity contribution in [1.29, 1.82) is 5.26 Å². The van der Waals surface area contributed by atoms with Crippen LogP contribution in [0.3, 0.4) is 0 Å². The van der Waals surface area contributed by atoms with Crippen LogP contribution in [0.4, 0.5) is 10.7 Å². The van der Waals surface area contributed by atoms with Crippen LogP contribution < -0.4 is 10.2 Å². The summed E-state index contributed by atoms with van der Waals surface area (Å²) in [7, 11) is 0. The van der Waals surface area contributed by atoms with Crippen LogP contribution in [0.25, 0.3) is 11.4 Å². The number of nitrogens with zero attached hydrogens (tertiary/aromatic N) is 5. The van der Waals surface area contributed by atoms with Crippen molar-refractivity contribution in [2.75, 3.05) is 29.1 Å². The van der Waals surface area contributed by atoms with Gasteiger partial charge in [0.05, 0.1) is 11.3 Å². The van der Waals surface area contributed by atoms with Crippen molar-refractivity contribution in [3.8, 4) is 17.5 Å². The predicted molar refractivity (Wildman–Crippen MR) is 140 cm³/mol. The molecule has 1 N–H and O–H groups in total. The molecular formula is C25H30N6OS2. The van der Waals surface area contributed by atoms with Crippen molar-refractivity contribution >= 4 is 39.7 Å². The average Bonchev–Trinajstić information content (AvgIpc) is 3.44. The summed E-state index contributed by atoms with van der Waals surface area (Å²) >= 11 is 2.92. The van der Waals surface area contributed by atoms with E-state index in [0.29, 0.717) is 22.3 Å². The van der Waals surface area contributed by atoms with Gasteiger partial charge in [-0.15, -0.1) is 21.5 Å². The second-order valence-electron chi connectivity index (χ2n) is 8.13. The zero-order valence-electron chi connectivity index (χ0n) is 19.9. The summed E-state index contributed by atoms with van der Waals surface area (Å²) in [5.41, 5.74) is 3.97. The Balaban J connectivity index is 1.44. The molecule has 0 bridgehead atoms. The molecule has 0 saturated heterocycles. The zero-order chi connectivity index (χ0) is 24.1. The van der Waals surface area contributed by atoms with Crippen molar-refractivity contribution in [2.45, 2.75) is 58.2 Å². The highest BCUT2D eigenvalue weighted by molar-refractivity contribution is 7.99. The van der Waals surface area contributed by atoms with E-state index in [1.54, 1.807) is 11.3 Å². The summed E-state index contributed by atoms with van der Waals surface area (Å²) in [6.07, 6.45) is 4.18. The first-order valence-corrected chi connectivity index (χ1v) is 13.7. The molecule has 2 heterocycles. The minimum Gasteiger partial charge on any atom is -0.372 e. The molecule has 1 aliphatic carbocycles. The summed E-state index contributed by atoms with van der Waals surface area (Å²) in [5.74, 6) is 0.886. The SMILES string of the molecule is CCN(CC)c1ccc(-c2nnc(SCC(=O)Nc3sc4c(c3C#N)CCCC4)n2CC)cc1. The maximum Gasteiger partial charge on any atom is 0.235 e. The van der Waals surface area contributed by atoms with Crippen molar-refractivity contribution in [3.63, 3.8) is 0 Å². The number of aryl methyl sites for hydroxylation is 1. The molecule has 34 heavy (non-hydrogen) atoms. The van der Waals surface area contributed by atoms with Crippen molar-refractivity contribution in [3.05, 3.63) is 40.3 Å². The number of nitriles is 1. The fourth-order valence-electron chi connectivity index (χ4n) is 4.37. The smallest absolute Gasteiger partial charge is 0.235 e. The van der Waals surface area contributed by atoms with Crippen LogP contribution in [0.2, 0.25) is 0 Å². The fraction of sp³-hybridized carbons (Fsp3) is 0.440. The van der Waals surface area contributed by atoms with E-state index in [1.165, 1.54) is 22.3 Å². The number of carbonyl (C=O) groups excluding carboxylic acids is 1. The molecule has 0 atom stereocenters. The van der Waals surface area contributed by atoms with Gasteiger partial charge in [-0.1, -0.05) is 11.8 Å². The third-order valence-corrected chi connectivity index (χ3v) is 8.33. The summed E-state index contributed by atoms with van der Waals surface area (Å²) < 4.78 is 2.04. The van der Waals surface area contributed by atoms with Crippen molar-refractivity contribution in [1.82, 2.24) is 14.8 Å². The molecule has 0 radical (unpaired) electrons. The third-order valence-electron chi connectivity index (χ3n) is 6.16. The lowest BCUT2D eigenvalue weighted by Gasteiger charge is -2.21. The molecule has 0 saturated carbocycles. The lowest BCUT2D eigenvalue weighted by atomic mass is 9.96. The number of thiophene rings is 1. The van der Waals surface area contributed by atoms with Gasteiger partial charge in [0.15, 0.2) is 11.0 Å². The molecule has 2 aromatic heterocycles. The number of fused-ring (bicyclic) bond motifs is 1. The van der Waals surface area contributed by atoms with Crippen molar-refractivity contribution < 1.29 is 4.79 Å². The van der Waals surface area contributed by atoms with Crippen LogP contribution in [0, 0.1) is 11.3 Å². The van der Waals surface area contributed by atoms with Crippen LogP contribution in [0.5, 0.6) is 0 Å². The Morgan fingerprint density at radius 1 is 1.18 bits per heavy atom. The van der Waals surface area contributed by atoms with E-state index in [1.807, 2.05) is 4.57 Å². The average molecular weight is 495 g/mol. The number of nitrogens with one attached hydrogen (secondary N) is 1. The van der Waals surface area contributed by atoms with Gasteiger partial charge in [0, 0.05) is 35.8 Å². The van der Waals surface area contributed by atoms with Gasteiger partial charge in [0.2, 0.25) is 5.91 Å². The van der Waals surface area contributed by atoms with Gasteiger partial charge < -0.3 is 14.8 Å². The number of benzene rings is 1. The first-order valence-electron chi connectivity index (χ1n) is 11.8. The first kappa shape index (κ1) is 24.3. The molecular weight excluding hydrogens is 464 g/mol. The Hall–Kier alpha value is -2.83. The van der Waals surface area contributed by atoms with E-state index in [4.69, 9.17) is 0 Å². The van der Waals surface area contributed by atoms with Crippen LogP contribution in [0.1, 0.15) is 49.6 Å². The molecule has 0 unspecified atom stereocenters. The van der Waals surface area contributed by atoms with E-state index < -0.39 is 0 Å². The monoisotopic (exact) mass is 494 g/mol. The van der Waals surface area contributed by atoms with Gasteiger partial charge in [-0.2, -0.15) is 5.26 Å². The highest BCUT2D eigenvalue weighted by Crippen LogP contribution is 2.37. The number of aromatic nitrogens is 3. The molecule has 7 nitrogen and oxygen atoms in total. The summed E-state index contributed by atoms with van der Waals surface area (Å²) in [5, 5.41) is 22.7. The lowest BCUT2D eigenvalue weighted by Crippen LogP contribution is -2.21. The van der Waals surface area contributed by atoms with Crippen LogP contribution in [-0.2, 0) is 24.2 Å². The molecule has 1 aliphatic rings. The molecule has 3 aromatic rings. The van der Waals surface area contributed by atoms with Gasteiger partial charge in [-0.05, 0) is 76.3 Å². The number of anilines is 2. The zero-order valence-corrected chi connectivity index (χ0v) is 21.6. The van der Waals surface area contributed by atoms with Crippen LogP contribution in [-0.4, -0.2) is 39.5 Å². The van der Waals surface area contributed by atoms with Crippen LogP contribution in [0.15, 0.2) is 29.4 Å². The minimum absolute atomic E-state index is 0.129. The Labute approximate surface area is 209 Å². The predicted octanol–water partition coefficient (Wildman–Crippen LogP) is 5.35. The summed E-state index contributed by atoms with van der Waals surface area (Å²) in [4.78, 5) is 16.2. The highest BCUT2D eigenvalue weighted by atomic mass is 32.2. The normalized spacial score (nSPS) is 12.8. The Bertz CT molecular complexity index is 1190. The number of rotatable bonds is 9. The second-order valence-corrected chi connectivity index (χ2v) is 10.2. The van der Waals surface area contributed by atoms with E-state index in [-0.39, 0.29) is 11.7 Å². The minimum atomic E-state index is -0.129. The molecule has 0 aliphatic heterocycles. The Morgan fingerprint density at radius 2 is 1.91 bits per heavy atom. The molecule has 1 amide bonds. The molecule has 4 rings (SSSR count). The quantitative estimate of drug-likeness (QED) is 0.403. The number of hydrogen-bond acceptors (Lipinski definition) is 7. The highest BCUT2D eigenvalue weighted by Gasteiger charge is 2.22. The molecule has 1 aromatic carbocycles. The summed E-state index contributed by atoms with van der Waals surface area (Å²) in [6, 6.07) is 10.7. The van der Waals surface area contributed by atoms with Gasteiger partial charge in [-0.25, -0.2) is 0 Å². The van der Waals surface area contributed by atoms with Crippen molar-refractivity contribution in [2.24, 2.45) is 0 Å². The number of hydrogen-bond donors (Lipinski definition) is 1. The fourth-order valence-corrected chi connectivity index (χ4v) is 6.43. The number of carbonyl (C=O) groups is 1. The van der Waals surface area contributed by atoms with E-state index in [2.05, 4.69) is 71.5 Å². The topological polar surface area (TPSA) is 86.8 Å². The van der Waals surface area contributed by atoms with E-state index in [0.717, 1.165) is 55.7 Å². The largest absolute Gasteiger partial charge is 0.372 e. The lowest BCUT2D eigenvalue weighted by molar-refractivity contribution is -0.113. The van der Waals surface area contributed by atoms with E-state index >= 15 is 0 Å². The Kier molecular flexibility index (Phi) is 7.91. The molecule has 0 spiro atoms. The number of amides is 1. The first-order chi connectivity index (χ1) is 16.6. The van der Waals surface area contributed by atoms with Gasteiger partial charge >= 0.3 is 0 Å². The van der Waals surface area contributed by atoms with Gasteiger partial charge in [0.25, 0.3) is 0 Å². The second kappa shape index (κ2) is 11.1. The molecule has 9 heteroatoms. The maximum absolute atomic E-state index is 12.7. The third kappa shape index (κ3) is 4.98. The maximum atomic E-state index is 12.7. The Morgan fingerprint density at radius 3 is 2.59 bits per heavy atom. The molecule has 178 valence electrons. The standard InChI is InChI=1S/C25H30N6OS2/c1-4-30(5-2)18-13-11-17(12-14-18)23-28-29-25(31(23)6-3)33-16-22(32)27-24-20(15-26)19-9-7-8-10-21(19)34-24/h11-14H,4-10,16H2,1-3H3,(H,27,32). The van der Waals surface area contributed by atoms with E-state index in [9.17, 15) is 10.1 Å². The summed E-state index contributed by atoms with van der Waals surface area (Å²) in [6.45, 7) is 9.00. The number of thioether (sulfide) groups is 1. The van der Waals surface area contributed by atoms with Gasteiger partial charge in [0.1, 0.15) is 11.1 Å².